The van der Waals surface area contributed by atoms with Gasteiger partial charge >= 0.3 is 0 Å². The summed E-state index contributed by atoms with van der Waals surface area (Å²) in [5.41, 5.74) is 6.98. The van der Waals surface area contributed by atoms with E-state index in [1.807, 2.05) is 13.0 Å². The summed E-state index contributed by atoms with van der Waals surface area (Å²) < 4.78 is 10.1. The molecule has 5 nitrogen and oxygen atoms in total. The number of hydrogen-bond acceptors (Lipinski definition) is 5. The van der Waals surface area contributed by atoms with E-state index >= 15 is 0 Å². The zero-order valence-corrected chi connectivity index (χ0v) is 9.02. The van der Waals surface area contributed by atoms with E-state index in [-0.39, 0.29) is 5.75 Å². The SMILES string of the molecule is COc1c(C)cc(-c2cc(N)no2)cc1O. The second-order valence-electron chi connectivity index (χ2n) is 3.46. The minimum absolute atomic E-state index is 0.0625. The number of ether oxygens (including phenoxy) is 1. The van der Waals surface area contributed by atoms with Crippen LogP contribution in [0.1, 0.15) is 5.56 Å². The Morgan fingerprint density at radius 3 is 2.62 bits per heavy atom. The van der Waals surface area contributed by atoms with Gasteiger partial charge in [0.1, 0.15) is 0 Å². The molecule has 1 aromatic carbocycles. The lowest BCUT2D eigenvalue weighted by molar-refractivity contribution is 0.370. The van der Waals surface area contributed by atoms with Crippen LogP contribution in [-0.2, 0) is 0 Å². The van der Waals surface area contributed by atoms with Gasteiger partial charge in [-0.2, -0.15) is 0 Å². The molecule has 0 atom stereocenters. The van der Waals surface area contributed by atoms with E-state index < -0.39 is 0 Å². The smallest absolute Gasteiger partial charge is 0.169 e. The second kappa shape index (κ2) is 3.77. The standard InChI is InChI=1S/C11H12N2O3/c1-6-3-7(4-8(14)11(6)15-2)9-5-10(12)13-16-9/h3-5,14H,1-2H3,(H2,12,13). The highest BCUT2D eigenvalue weighted by atomic mass is 16.5. The summed E-state index contributed by atoms with van der Waals surface area (Å²) in [4.78, 5) is 0. The summed E-state index contributed by atoms with van der Waals surface area (Å²) in [5, 5.41) is 13.3. The number of phenols is 1. The molecule has 16 heavy (non-hydrogen) atoms. The Hall–Kier alpha value is -2.17. The van der Waals surface area contributed by atoms with Crippen LogP contribution in [-0.4, -0.2) is 17.4 Å². The summed E-state index contributed by atoms with van der Waals surface area (Å²) in [5.74, 6) is 1.34. The van der Waals surface area contributed by atoms with Crippen molar-refractivity contribution >= 4 is 5.82 Å². The maximum Gasteiger partial charge on any atom is 0.169 e. The highest BCUT2D eigenvalue weighted by molar-refractivity contribution is 5.66. The number of rotatable bonds is 2. The van der Waals surface area contributed by atoms with Crippen LogP contribution in [0.3, 0.4) is 0 Å². The summed E-state index contributed by atoms with van der Waals surface area (Å²) in [6, 6.07) is 4.98. The first kappa shape index (κ1) is 10.4. The Labute approximate surface area is 92.4 Å². The predicted molar refractivity (Wildman–Crippen MR) is 59.3 cm³/mol. The lowest BCUT2D eigenvalue weighted by atomic mass is 10.1. The van der Waals surface area contributed by atoms with Gasteiger partial charge in [-0.15, -0.1) is 0 Å². The minimum Gasteiger partial charge on any atom is -0.504 e. The number of methoxy groups -OCH3 is 1. The molecule has 0 spiro atoms. The number of aryl methyl sites for hydroxylation is 1. The van der Waals surface area contributed by atoms with Crippen molar-refractivity contribution in [2.75, 3.05) is 12.8 Å². The Morgan fingerprint density at radius 2 is 2.12 bits per heavy atom. The second-order valence-corrected chi connectivity index (χ2v) is 3.46. The molecule has 0 bridgehead atoms. The van der Waals surface area contributed by atoms with Gasteiger partial charge < -0.3 is 20.1 Å². The van der Waals surface area contributed by atoms with Crippen LogP contribution < -0.4 is 10.5 Å². The monoisotopic (exact) mass is 220 g/mol. The number of hydrogen-bond donors (Lipinski definition) is 2. The molecule has 3 N–H and O–H groups in total. The van der Waals surface area contributed by atoms with E-state index in [4.69, 9.17) is 15.0 Å². The summed E-state index contributed by atoms with van der Waals surface area (Å²) in [6.07, 6.45) is 0. The number of phenolic OH excluding ortho intramolecular Hbond substituents is 1. The van der Waals surface area contributed by atoms with Crippen LogP contribution in [0.4, 0.5) is 5.82 Å². The van der Waals surface area contributed by atoms with Crippen LogP contribution in [0, 0.1) is 6.92 Å². The summed E-state index contributed by atoms with van der Waals surface area (Å²) in [6.45, 7) is 1.84. The predicted octanol–water partition coefficient (Wildman–Crippen LogP) is 1.95. The average molecular weight is 220 g/mol. The maximum absolute atomic E-state index is 9.72. The summed E-state index contributed by atoms with van der Waals surface area (Å²) >= 11 is 0. The molecule has 0 radical (unpaired) electrons. The fourth-order valence-electron chi connectivity index (χ4n) is 1.59. The average Bonchev–Trinajstić information content (AvgIpc) is 2.64. The van der Waals surface area contributed by atoms with Gasteiger partial charge in [0.2, 0.25) is 0 Å². The molecule has 2 rings (SSSR count). The first-order chi connectivity index (χ1) is 7.61. The third-order valence-corrected chi connectivity index (χ3v) is 2.27. The molecule has 1 aromatic heterocycles. The van der Waals surface area contributed by atoms with Crippen molar-refractivity contribution < 1.29 is 14.4 Å². The van der Waals surface area contributed by atoms with E-state index in [1.54, 1.807) is 12.1 Å². The molecule has 5 heteroatoms. The fourth-order valence-corrected chi connectivity index (χ4v) is 1.59. The van der Waals surface area contributed by atoms with Crippen molar-refractivity contribution in [2.45, 2.75) is 6.92 Å². The number of nitrogens with zero attached hydrogens (tertiary/aromatic N) is 1. The van der Waals surface area contributed by atoms with Gasteiger partial charge in [-0.1, -0.05) is 5.16 Å². The van der Waals surface area contributed by atoms with E-state index in [2.05, 4.69) is 5.16 Å². The molecule has 0 saturated carbocycles. The zero-order valence-electron chi connectivity index (χ0n) is 9.02. The molecular formula is C11H12N2O3. The van der Waals surface area contributed by atoms with Crippen molar-refractivity contribution in [3.63, 3.8) is 0 Å². The summed E-state index contributed by atoms with van der Waals surface area (Å²) in [7, 11) is 1.51. The van der Waals surface area contributed by atoms with Crippen LogP contribution in [0.15, 0.2) is 22.7 Å². The van der Waals surface area contributed by atoms with Crippen molar-refractivity contribution in [1.82, 2.24) is 5.16 Å². The van der Waals surface area contributed by atoms with Gasteiger partial charge in [-0.3, -0.25) is 0 Å². The molecule has 0 saturated heterocycles. The topological polar surface area (TPSA) is 81.5 Å². The Morgan fingerprint density at radius 1 is 1.38 bits per heavy atom. The molecule has 0 unspecified atom stereocenters. The molecule has 84 valence electrons. The highest BCUT2D eigenvalue weighted by Crippen LogP contribution is 2.35. The van der Waals surface area contributed by atoms with Gasteiger partial charge in [0.05, 0.1) is 7.11 Å². The van der Waals surface area contributed by atoms with Gasteiger partial charge in [-0.05, 0) is 24.6 Å². The number of aromatic hydroxyl groups is 1. The lowest BCUT2D eigenvalue weighted by Crippen LogP contribution is -1.88. The largest absolute Gasteiger partial charge is 0.504 e. The molecule has 0 fully saturated rings. The number of anilines is 1. The van der Waals surface area contributed by atoms with Crippen molar-refractivity contribution in [2.24, 2.45) is 0 Å². The van der Waals surface area contributed by atoms with Gasteiger partial charge in [0.25, 0.3) is 0 Å². The van der Waals surface area contributed by atoms with Crippen LogP contribution in [0.5, 0.6) is 11.5 Å². The van der Waals surface area contributed by atoms with Crippen LogP contribution >= 0.6 is 0 Å². The van der Waals surface area contributed by atoms with Crippen molar-refractivity contribution in [3.05, 3.63) is 23.8 Å². The molecular weight excluding hydrogens is 208 g/mol. The number of benzene rings is 1. The lowest BCUT2D eigenvalue weighted by Gasteiger charge is -2.08. The molecule has 1 heterocycles. The Kier molecular flexibility index (Phi) is 2.44. The highest BCUT2D eigenvalue weighted by Gasteiger charge is 2.11. The first-order valence-electron chi connectivity index (χ1n) is 4.72. The zero-order chi connectivity index (χ0) is 11.7. The minimum atomic E-state index is 0.0625. The van der Waals surface area contributed by atoms with Crippen LogP contribution in [0.25, 0.3) is 11.3 Å². The third-order valence-electron chi connectivity index (χ3n) is 2.27. The third kappa shape index (κ3) is 1.67. The number of nitrogen functional groups attached to an aromatic ring is 1. The molecule has 0 aliphatic carbocycles. The maximum atomic E-state index is 9.72. The van der Waals surface area contributed by atoms with E-state index in [9.17, 15) is 5.11 Å². The molecule has 0 amide bonds. The normalized spacial score (nSPS) is 10.4. The fraction of sp³-hybridized carbons (Fsp3) is 0.182. The number of aromatic nitrogens is 1. The van der Waals surface area contributed by atoms with Gasteiger partial charge in [0.15, 0.2) is 23.1 Å². The van der Waals surface area contributed by atoms with E-state index in [0.29, 0.717) is 22.9 Å². The van der Waals surface area contributed by atoms with Crippen molar-refractivity contribution in [3.8, 4) is 22.8 Å². The first-order valence-corrected chi connectivity index (χ1v) is 4.72. The quantitative estimate of drug-likeness (QED) is 0.808. The molecule has 0 aliphatic rings. The van der Waals surface area contributed by atoms with E-state index in [0.717, 1.165) is 5.56 Å². The van der Waals surface area contributed by atoms with Gasteiger partial charge in [0, 0.05) is 11.6 Å². The molecule has 0 aliphatic heterocycles. The van der Waals surface area contributed by atoms with Crippen LogP contribution in [0.2, 0.25) is 0 Å². The van der Waals surface area contributed by atoms with E-state index in [1.165, 1.54) is 7.11 Å². The number of nitrogens with two attached hydrogens (primary N) is 1. The Balaban J connectivity index is 2.52. The Bertz CT molecular complexity index is 497. The molecule has 2 aromatic rings. The van der Waals surface area contributed by atoms with Crippen molar-refractivity contribution in [1.29, 1.82) is 0 Å². The van der Waals surface area contributed by atoms with Gasteiger partial charge in [-0.25, -0.2) is 0 Å².